The van der Waals surface area contributed by atoms with Crippen molar-refractivity contribution in [1.82, 2.24) is 9.97 Å². The number of hydrogen-bond donors (Lipinski definition) is 2. The molecule has 0 amide bonds. The second-order valence-electron chi connectivity index (χ2n) is 11.1. The molecular weight excluding hydrogens is 408 g/mol. The Morgan fingerprint density at radius 3 is 2.03 bits per heavy atom. The molecule has 0 unspecified atom stereocenters. The van der Waals surface area contributed by atoms with E-state index in [4.69, 9.17) is 4.74 Å². The van der Waals surface area contributed by atoms with E-state index < -0.39 is 0 Å². The zero-order valence-electron chi connectivity index (χ0n) is 20.6. The summed E-state index contributed by atoms with van der Waals surface area (Å²) in [6, 6.07) is 13.2. The molecule has 0 radical (unpaired) electrons. The Bertz CT molecular complexity index is 1390. The van der Waals surface area contributed by atoms with Crippen molar-refractivity contribution in [3.05, 3.63) is 59.4 Å². The van der Waals surface area contributed by atoms with Crippen molar-refractivity contribution in [2.24, 2.45) is 0 Å². The number of H-pyrrole nitrogens is 2. The van der Waals surface area contributed by atoms with Gasteiger partial charge in [-0.15, -0.1) is 0 Å². The van der Waals surface area contributed by atoms with Gasteiger partial charge < -0.3 is 14.7 Å². The van der Waals surface area contributed by atoms with E-state index >= 15 is 0 Å². The number of carbonyl (C=O) groups excluding carboxylic acids is 1. The molecule has 0 saturated heterocycles. The Morgan fingerprint density at radius 1 is 0.909 bits per heavy atom. The lowest BCUT2D eigenvalue weighted by atomic mass is 9.81. The van der Waals surface area contributed by atoms with Gasteiger partial charge in [0.15, 0.2) is 0 Å². The number of aromatic amines is 2. The van der Waals surface area contributed by atoms with Gasteiger partial charge in [-0.3, -0.25) is 0 Å². The van der Waals surface area contributed by atoms with Crippen LogP contribution in [-0.2, 0) is 15.6 Å². The number of aromatic nitrogens is 2. The first-order valence-electron chi connectivity index (χ1n) is 11.7. The molecule has 170 valence electrons. The highest BCUT2D eigenvalue weighted by Gasteiger charge is 2.35. The molecule has 0 spiro atoms. The third-order valence-electron chi connectivity index (χ3n) is 6.67. The van der Waals surface area contributed by atoms with E-state index in [-0.39, 0.29) is 16.8 Å². The van der Waals surface area contributed by atoms with Gasteiger partial charge in [0.05, 0.1) is 18.0 Å². The van der Waals surface area contributed by atoms with Gasteiger partial charge >= 0.3 is 5.97 Å². The van der Waals surface area contributed by atoms with Crippen molar-refractivity contribution in [3.8, 4) is 33.6 Å². The second-order valence-corrected chi connectivity index (χ2v) is 11.1. The summed E-state index contributed by atoms with van der Waals surface area (Å²) in [5, 5.41) is 2.44. The van der Waals surface area contributed by atoms with E-state index in [1.165, 1.54) is 27.5 Å². The number of carbonyl (C=O) groups is 1. The fourth-order valence-corrected chi connectivity index (χ4v) is 4.86. The summed E-state index contributed by atoms with van der Waals surface area (Å²) < 4.78 is 5.47. The molecule has 2 heterocycles. The standard InChI is InChI=1S/C29H32N2O2/c1-8-33-27(32)26-24-20-15-18(29(5,6)7)13-16-12-17(28(2,3)4)14-19(22(16)20)23(24)25(31-26)21-10-9-11-30-21/h9-15,30-31H,8H2,1-7H3. The normalized spacial score (nSPS) is 12.9. The fraction of sp³-hybridized carbons (Fsp3) is 0.345. The molecule has 4 nitrogen and oxygen atoms in total. The molecule has 5 rings (SSSR count). The summed E-state index contributed by atoms with van der Waals surface area (Å²) in [7, 11) is 0. The van der Waals surface area contributed by atoms with Gasteiger partial charge in [-0.05, 0) is 75.0 Å². The summed E-state index contributed by atoms with van der Waals surface area (Å²) in [4.78, 5) is 19.9. The molecule has 0 atom stereocenters. The van der Waals surface area contributed by atoms with Crippen LogP contribution in [0.5, 0.6) is 0 Å². The lowest BCUT2D eigenvalue weighted by Crippen LogP contribution is -2.12. The zero-order valence-corrected chi connectivity index (χ0v) is 20.6. The molecular formula is C29H32N2O2. The number of esters is 1. The van der Waals surface area contributed by atoms with Crippen molar-refractivity contribution < 1.29 is 9.53 Å². The van der Waals surface area contributed by atoms with Crippen LogP contribution in [0.2, 0.25) is 0 Å². The van der Waals surface area contributed by atoms with Crippen molar-refractivity contribution in [2.45, 2.75) is 59.3 Å². The van der Waals surface area contributed by atoms with Crippen molar-refractivity contribution >= 4 is 16.7 Å². The Balaban J connectivity index is 1.93. The Morgan fingerprint density at radius 2 is 1.52 bits per heavy atom. The minimum absolute atomic E-state index is 0.00177. The van der Waals surface area contributed by atoms with Gasteiger partial charge in [0.2, 0.25) is 0 Å². The van der Waals surface area contributed by atoms with E-state index in [0.29, 0.717) is 12.3 Å². The van der Waals surface area contributed by atoms with Gasteiger partial charge in [-0.1, -0.05) is 53.7 Å². The third-order valence-corrected chi connectivity index (χ3v) is 6.67. The van der Waals surface area contributed by atoms with Crippen LogP contribution in [0.3, 0.4) is 0 Å². The molecule has 2 aromatic carbocycles. The highest BCUT2D eigenvalue weighted by atomic mass is 16.5. The van der Waals surface area contributed by atoms with Crippen LogP contribution in [0.4, 0.5) is 0 Å². The highest BCUT2D eigenvalue weighted by molar-refractivity contribution is 6.22. The Kier molecular flexibility index (Phi) is 4.65. The van der Waals surface area contributed by atoms with Crippen LogP contribution in [-0.4, -0.2) is 22.5 Å². The van der Waals surface area contributed by atoms with Crippen molar-refractivity contribution in [1.29, 1.82) is 0 Å². The zero-order chi connectivity index (χ0) is 23.7. The predicted molar refractivity (Wildman–Crippen MR) is 136 cm³/mol. The predicted octanol–water partition coefficient (Wildman–Crippen LogP) is 7.58. The van der Waals surface area contributed by atoms with Gasteiger partial charge in [0.25, 0.3) is 0 Å². The number of ether oxygens (including phenoxy) is 1. The first kappa shape index (κ1) is 21.6. The number of benzene rings is 2. The maximum atomic E-state index is 13.1. The summed E-state index contributed by atoms with van der Waals surface area (Å²) in [5.74, 6) is -0.315. The number of hydrogen-bond acceptors (Lipinski definition) is 2. The number of fused-ring (bicyclic) bond motifs is 3. The Labute approximate surface area is 195 Å². The van der Waals surface area contributed by atoms with Gasteiger partial charge in [-0.2, -0.15) is 0 Å². The molecule has 4 heteroatoms. The molecule has 0 saturated carbocycles. The second kappa shape index (κ2) is 7.11. The van der Waals surface area contributed by atoms with Gasteiger partial charge in [0, 0.05) is 17.3 Å². The summed E-state index contributed by atoms with van der Waals surface area (Å²) >= 11 is 0. The van der Waals surface area contributed by atoms with Crippen LogP contribution in [0, 0.1) is 0 Å². The molecule has 4 aromatic rings. The summed E-state index contributed by atoms with van der Waals surface area (Å²) in [5.41, 5.74) is 9.26. The SMILES string of the molecule is CCOC(=O)c1[nH]c(-c2ccc[nH]2)c2c1-c1cc(C(C)(C)C)cc3cc(C(C)(C)C)cc-2c13. The van der Waals surface area contributed by atoms with Crippen LogP contribution in [0.15, 0.2) is 42.6 Å². The first-order chi connectivity index (χ1) is 15.5. The highest BCUT2D eigenvalue weighted by Crippen LogP contribution is 2.54. The maximum absolute atomic E-state index is 13.1. The van der Waals surface area contributed by atoms with Crippen LogP contribution in [0.1, 0.15) is 70.1 Å². The van der Waals surface area contributed by atoms with E-state index in [0.717, 1.165) is 28.1 Å². The van der Waals surface area contributed by atoms with E-state index in [9.17, 15) is 4.79 Å². The van der Waals surface area contributed by atoms with E-state index in [1.807, 2.05) is 25.3 Å². The average molecular weight is 441 g/mol. The molecule has 1 aliphatic rings. The monoisotopic (exact) mass is 440 g/mol. The summed E-state index contributed by atoms with van der Waals surface area (Å²) in [6.45, 7) is 15.6. The average Bonchev–Trinajstić information content (AvgIpc) is 3.44. The van der Waals surface area contributed by atoms with Crippen molar-refractivity contribution in [2.75, 3.05) is 6.61 Å². The molecule has 0 aliphatic heterocycles. The van der Waals surface area contributed by atoms with Gasteiger partial charge in [0.1, 0.15) is 5.69 Å². The number of nitrogens with one attached hydrogen (secondary N) is 2. The molecule has 1 aliphatic carbocycles. The number of rotatable bonds is 3. The Hall–Kier alpha value is -3.27. The summed E-state index contributed by atoms with van der Waals surface area (Å²) in [6.07, 6.45) is 1.91. The van der Waals surface area contributed by atoms with Gasteiger partial charge in [-0.25, -0.2) is 4.79 Å². The lowest BCUT2D eigenvalue weighted by Gasteiger charge is -2.23. The maximum Gasteiger partial charge on any atom is 0.355 e. The minimum Gasteiger partial charge on any atom is -0.461 e. The molecule has 0 bridgehead atoms. The third kappa shape index (κ3) is 3.31. The topological polar surface area (TPSA) is 57.9 Å². The van der Waals surface area contributed by atoms with Crippen LogP contribution in [0.25, 0.3) is 44.4 Å². The minimum atomic E-state index is -0.315. The largest absolute Gasteiger partial charge is 0.461 e. The molecule has 33 heavy (non-hydrogen) atoms. The fourth-order valence-electron chi connectivity index (χ4n) is 4.86. The van der Waals surface area contributed by atoms with Crippen molar-refractivity contribution in [3.63, 3.8) is 0 Å². The van der Waals surface area contributed by atoms with Crippen LogP contribution >= 0.6 is 0 Å². The molecule has 0 fully saturated rings. The smallest absolute Gasteiger partial charge is 0.355 e. The first-order valence-corrected chi connectivity index (χ1v) is 11.7. The van der Waals surface area contributed by atoms with E-state index in [1.54, 1.807) is 0 Å². The van der Waals surface area contributed by atoms with Crippen LogP contribution < -0.4 is 0 Å². The van der Waals surface area contributed by atoms with E-state index in [2.05, 4.69) is 75.8 Å². The molecule has 2 N–H and O–H groups in total. The lowest BCUT2D eigenvalue weighted by molar-refractivity contribution is 0.0521. The molecule has 2 aromatic heterocycles. The quantitative estimate of drug-likeness (QED) is 0.284.